The van der Waals surface area contributed by atoms with Crippen molar-refractivity contribution in [2.24, 2.45) is 5.73 Å². The van der Waals surface area contributed by atoms with Gasteiger partial charge < -0.3 is 11.1 Å². The molecule has 20 heavy (non-hydrogen) atoms. The van der Waals surface area contributed by atoms with Crippen LogP contribution in [0.1, 0.15) is 15.9 Å². The summed E-state index contributed by atoms with van der Waals surface area (Å²) < 4.78 is 13.3. The number of rotatable bonds is 3. The number of thiocarbonyl (C=S) groups is 1. The fraction of sp³-hybridized carbons (Fsp3) is 0. The van der Waals surface area contributed by atoms with E-state index in [1.807, 2.05) is 0 Å². The van der Waals surface area contributed by atoms with Gasteiger partial charge in [0.05, 0.1) is 10.6 Å². The van der Waals surface area contributed by atoms with Crippen molar-refractivity contribution < 1.29 is 9.18 Å². The van der Waals surface area contributed by atoms with Crippen molar-refractivity contribution in [1.82, 2.24) is 0 Å². The van der Waals surface area contributed by atoms with E-state index in [0.29, 0.717) is 11.3 Å². The summed E-state index contributed by atoms with van der Waals surface area (Å²) in [6.45, 7) is 0. The molecule has 0 aromatic heterocycles. The van der Waals surface area contributed by atoms with Crippen LogP contribution in [0, 0.1) is 5.82 Å². The van der Waals surface area contributed by atoms with E-state index < -0.39 is 11.7 Å². The molecule has 2 aromatic carbocycles. The van der Waals surface area contributed by atoms with Crippen LogP contribution in [-0.4, -0.2) is 10.9 Å². The van der Waals surface area contributed by atoms with Crippen LogP contribution in [0.4, 0.5) is 10.1 Å². The third-order valence-electron chi connectivity index (χ3n) is 2.62. The Morgan fingerprint density at radius 2 is 1.85 bits per heavy atom. The van der Waals surface area contributed by atoms with Gasteiger partial charge >= 0.3 is 0 Å². The van der Waals surface area contributed by atoms with E-state index in [1.54, 1.807) is 24.3 Å². The van der Waals surface area contributed by atoms with E-state index >= 15 is 0 Å². The summed E-state index contributed by atoms with van der Waals surface area (Å²) in [6.07, 6.45) is 0. The molecule has 0 saturated carbocycles. The van der Waals surface area contributed by atoms with Gasteiger partial charge in [0.1, 0.15) is 10.8 Å². The van der Waals surface area contributed by atoms with Crippen molar-refractivity contribution in [2.75, 3.05) is 5.32 Å². The van der Waals surface area contributed by atoms with Crippen molar-refractivity contribution in [2.45, 2.75) is 0 Å². The number of anilines is 1. The summed E-state index contributed by atoms with van der Waals surface area (Å²) in [4.78, 5) is 12.3. The fourth-order valence-electron chi connectivity index (χ4n) is 1.60. The number of benzene rings is 2. The second-order valence-electron chi connectivity index (χ2n) is 4.00. The van der Waals surface area contributed by atoms with Crippen LogP contribution in [0.15, 0.2) is 42.5 Å². The van der Waals surface area contributed by atoms with E-state index in [2.05, 4.69) is 5.32 Å². The average Bonchev–Trinajstić information content (AvgIpc) is 2.42. The molecule has 0 heterocycles. The third kappa shape index (κ3) is 3.12. The average molecular weight is 309 g/mol. The maximum Gasteiger partial charge on any atom is 0.257 e. The maximum atomic E-state index is 13.3. The molecule has 0 radical (unpaired) electrons. The number of hydrogen-bond acceptors (Lipinski definition) is 2. The Balaban J connectivity index is 2.19. The molecule has 3 nitrogen and oxygen atoms in total. The fourth-order valence-corrected chi connectivity index (χ4v) is 1.94. The number of amides is 1. The summed E-state index contributed by atoms with van der Waals surface area (Å²) >= 11 is 10.6. The predicted molar refractivity (Wildman–Crippen MR) is 81.7 cm³/mol. The van der Waals surface area contributed by atoms with Gasteiger partial charge in [-0.1, -0.05) is 29.9 Å². The Bertz CT molecular complexity index is 673. The monoisotopic (exact) mass is 308 g/mol. The zero-order valence-electron chi connectivity index (χ0n) is 10.2. The number of carbonyl (C=O) groups excluding carboxylic acids is 1. The molecule has 2 aromatic rings. The van der Waals surface area contributed by atoms with Gasteiger partial charge in [-0.25, -0.2) is 4.39 Å². The molecule has 0 saturated heterocycles. The minimum Gasteiger partial charge on any atom is -0.389 e. The molecule has 1 amide bonds. The van der Waals surface area contributed by atoms with Gasteiger partial charge in [-0.15, -0.1) is 0 Å². The van der Waals surface area contributed by atoms with E-state index in [9.17, 15) is 9.18 Å². The van der Waals surface area contributed by atoms with Gasteiger partial charge in [0.15, 0.2) is 0 Å². The Labute approximate surface area is 125 Å². The molecule has 0 aliphatic rings. The summed E-state index contributed by atoms with van der Waals surface area (Å²) in [5.41, 5.74) is 6.79. The van der Waals surface area contributed by atoms with Crippen LogP contribution in [-0.2, 0) is 0 Å². The van der Waals surface area contributed by atoms with E-state index in [0.717, 1.165) is 0 Å². The molecule has 2 rings (SSSR count). The largest absolute Gasteiger partial charge is 0.389 e. The molecular formula is C14H10ClFN2OS. The number of nitrogens with one attached hydrogen (secondary N) is 1. The SMILES string of the molecule is NC(=S)c1ccc(NC(=O)c2cccc(F)c2Cl)cc1. The Kier molecular flexibility index (Phi) is 4.32. The van der Waals surface area contributed by atoms with Crippen LogP contribution < -0.4 is 11.1 Å². The first kappa shape index (κ1) is 14.4. The Hall–Kier alpha value is -1.98. The van der Waals surface area contributed by atoms with Gasteiger partial charge in [0.2, 0.25) is 0 Å². The van der Waals surface area contributed by atoms with Crippen LogP contribution >= 0.6 is 23.8 Å². The Morgan fingerprint density at radius 3 is 2.45 bits per heavy atom. The molecule has 102 valence electrons. The van der Waals surface area contributed by atoms with Crippen LogP contribution in [0.25, 0.3) is 0 Å². The van der Waals surface area contributed by atoms with Gasteiger partial charge in [-0.3, -0.25) is 4.79 Å². The molecular weight excluding hydrogens is 299 g/mol. The van der Waals surface area contributed by atoms with Crippen molar-refractivity contribution in [3.05, 3.63) is 64.4 Å². The molecule has 0 bridgehead atoms. The summed E-state index contributed by atoms with van der Waals surface area (Å²) in [5, 5.41) is 2.41. The van der Waals surface area contributed by atoms with Gasteiger partial charge in [-0.2, -0.15) is 0 Å². The normalized spacial score (nSPS) is 10.1. The minimum atomic E-state index is -0.636. The first-order valence-corrected chi connectivity index (χ1v) is 6.43. The van der Waals surface area contributed by atoms with Crippen molar-refractivity contribution in [3.8, 4) is 0 Å². The smallest absolute Gasteiger partial charge is 0.257 e. The van der Waals surface area contributed by atoms with Gasteiger partial charge in [-0.05, 0) is 36.4 Å². The first-order chi connectivity index (χ1) is 9.49. The molecule has 0 atom stereocenters. The lowest BCUT2D eigenvalue weighted by atomic mass is 10.1. The standard InChI is InChI=1S/C14H10ClFN2OS/c15-12-10(2-1-3-11(12)16)14(19)18-9-6-4-8(5-7-9)13(17)20/h1-7H,(H2,17,20)(H,18,19). The second kappa shape index (κ2) is 5.98. The molecule has 6 heteroatoms. The summed E-state index contributed by atoms with van der Waals surface area (Å²) in [7, 11) is 0. The quantitative estimate of drug-likeness (QED) is 0.855. The number of carbonyl (C=O) groups is 1. The number of hydrogen-bond donors (Lipinski definition) is 2. The molecule has 0 unspecified atom stereocenters. The van der Waals surface area contributed by atoms with Crippen molar-refractivity contribution >= 4 is 40.4 Å². The summed E-state index contributed by atoms with van der Waals surface area (Å²) in [5.74, 6) is -1.12. The molecule has 0 aliphatic heterocycles. The van der Waals surface area contributed by atoms with Crippen molar-refractivity contribution in [3.63, 3.8) is 0 Å². The topological polar surface area (TPSA) is 55.1 Å². The molecule has 0 spiro atoms. The zero-order chi connectivity index (χ0) is 14.7. The zero-order valence-corrected chi connectivity index (χ0v) is 11.8. The van der Waals surface area contributed by atoms with Gasteiger partial charge in [0.25, 0.3) is 5.91 Å². The molecule has 0 fully saturated rings. The number of nitrogens with two attached hydrogens (primary N) is 1. The first-order valence-electron chi connectivity index (χ1n) is 5.64. The molecule has 0 aliphatic carbocycles. The van der Waals surface area contributed by atoms with E-state index in [4.69, 9.17) is 29.6 Å². The highest BCUT2D eigenvalue weighted by Gasteiger charge is 2.13. The van der Waals surface area contributed by atoms with Crippen molar-refractivity contribution in [1.29, 1.82) is 0 Å². The maximum absolute atomic E-state index is 13.3. The van der Waals surface area contributed by atoms with E-state index in [-0.39, 0.29) is 15.6 Å². The lowest BCUT2D eigenvalue weighted by molar-refractivity contribution is 0.102. The highest BCUT2D eigenvalue weighted by molar-refractivity contribution is 7.80. The van der Waals surface area contributed by atoms with Crippen LogP contribution in [0.3, 0.4) is 0 Å². The van der Waals surface area contributed by atoms with Crippen LogP contribution in [0.2, 0.25) is 5.02 Å². The molecule has 3 N–H and O–H groups in total. The Morgan fingerprint density at radius 1 is 1.20 bits per heavy atom. The lowest BCUT2D eigenvalue weighted by Gasteiger charge is -2.08. The number of halogens is 2. The van der Waals surface area contributed by atoms with E-state index in [1.165, 1.54) is 18.2 Å². The second-order valence-corrected chi connectivity index (χ2v) is 4.81. The minimum absolute atomic E-state index is 0.0742. The summed E-state index contributed by atoms with van der Waals surface area (Å²) in [6, 6.07) is 10.7. The highest BCUT2D eigenvalue weighted by atomic mass is 35.5. The third-order valence-corrected chi connectivity index (χ3v) is 3.24. The lowest BCUT2D eigenvalue weighted by Crippen LogP contribution is -2.13. The highest BCUT2D eigenvalue weighted by Crippen LogP contribution is 2.21. The van der Waals surface area contributed by atoms with Crippen LogP contribution in [0.5, 0.6) is 0 Å². The van der Waals surface area contributed by atoms with Gasteiger partial charge in [0, 0.05) is 11.3 Å². The predicted octanol–water partition coefficient (Wildman–Crippen LogP) is 3.37.